The average Bonchev–Trinajstić information content (AvgIpc) is 3.09. The van der Waals surface area contributed by atoms with Crippen LogP contribution in [-0.4, -0.2) is 40.8 Å². The predicted octanol–water partition coefficient (Wildman–Crippen LogP) is 1.99. The Hall–Kier alpha value is -2.77. The Balaban J connectivity index is 1.55. The molecule has 2 aromatic rings. The van der Waals surface area contributed by atoms with Crippen molar-refractivity contribution in [1.29, 1.82) is 0 Å². The van der Waals surface area contributed by atoms with Crippen molar-refractivity contribution in [3.8, 4) is 0 Å². The molecule has 0 aliphatic carbocycles. The Kier molecular flexibility index (Phi) is 4.54. The van der Waals surface area contributed by atoms with Gasteiger partial charge in [-0.15, -0.1) is 0 Å². The number of nitrogens with zero attached hydrogens (tertiary/aromatic N) is 2. The molecule has 0 spiro atoms. The van der Waals surface area contributed by atoms with Crippen molar-refractivity contribution in [3.63, 3.8) is 0 Å². The lowest BCUT2D eigenvalue weighted by Gasteiger charge is -2.31. The van der Waals surface area contributed by atoms with Crippen molar-refractivity contribution in [1.82, 2.24) is 15.2 Å². The van der Waals surface area contributed by atoms with Crippen molar-refractivity contribution >= 4 is 11.8 Å². The normalized spacial score (nSPS) is 15.3. The van der Waals surface area contributed by atoms with Crippen molar-refractivity contribution in [2.75, 3.05) is 13.1 Å². The second-order valence-corrected chi connectivity index (χ2v) is 5.50. The number of carbonyl (C=O) groups is 2. The number of furan rings is 1. The Labute approximate surface area is 136 Å². The fraction of sp³-hybridized carbons (Fsp3) is 0.312. The van der Waals surface area contributed by atoms with Crippen LogP contribution in [0.4, 0.5) is 8.78 Å². The zero-order chi connectivity index (χ0) is 17.1. The van der Waals surface area contributed by atoms with Crippen LogP contribution in [0.5, 0.6) is 0 Å². The summed E-state index contributed by atoms with van der Waals surface area (Å²) in [5, 5.41) is 2.66. The van der Waals surface area contributed by atoms with Crippen LogP contribution in [0.2, 0.25) is 0 Å². The number of pyridine rings is 1. The van der Waals surface area contributed by atoms with Crippen LogP contribution in [-0.2, 0) is 0 Å². The standard InChI is InChI=1S/C16H15F2N3O3/c17-10-8-12(18)14(19-9-10)15(22)20-11-3-5-21(6-4-11)16(23)13-2-1-7-24-13/h1-2,7-9,11H,3-6H2,(H,20,22). The molecule has 0 radical (unpaired) electrons. The fourth-order valence-electron chi connectivity index (χ4n) is 2.62. The summed E-state index contributed by atoms with van der Waals surface area (Å²) >= 11 is 0. The smallest absolute Gasteiger partial charge is 0.289 e. The first kappa shape index (κ1) is 16.1. The van der Waals surface area contributed by atoms with Crippen LogP contribution in [0.25, 0.3) is 0 Å². The number of halogens is 2. The van der Waals surface area contributed by atoms with Crippen molar-refractivity contribution < 1.29 is 22.8 Å². The summed E-state index contributed by atoms with van der Waals surface area (Å²) in [6.45, 7) is 0.896. The first-order valence-electron chi connectivity index (χ1n) is 7.49. The predicted molar refractivity (Wildman–Crippen MR) is 79.3 cm³/mol. The second-order valence-electron chi connectivity index (χ2n) is 5.50. The number of nitrogens with one attached hydrogen (secondary N) is 1. The molecule has 6 nitrogen and oxygen atoms in total. The van der Waals surface area contributed by atoms with Gasteiger partial charge < -0.3 is 14.6 Å². The van der Waals surface area contributed by atoms with Gasteiger partial charge in [0.25, 0.3) is 11.8 Å². The fourth-order valence-corrected chi connectivity index (χ4v) is 2.62. The summed E-state index contributed by atoms with van der Waals surface area (Å²) in [4.78, 5) is 29.3. The highest BCUT2D eigenvalue weighted by Crippen LogP contribution is 2.15. The minimum absolute atomic E-state index is 0.198. The largest absolute Gasteiger partial charge is 0.459 e. The van der Waals surface area contributed by atoms with Gasteiger partial charge in [0, 0.05) is 25.2 Å². The number of piperidine rings is 1. The van der Waals surface area contributed by atoms with Crippen LogP contribution < -0.4 is 5.32 Å². The Morgan fingerprint density at radius 2 is 2.04 bits per heavy atom. The van der Waals surface area contributed by atoms with E-state index in [9.17, 15) is 18.4 Å². The average molecular weight is 335 g/mol. The molecule has 0 atom stereocenters. The highest BCUT2D eigenvalue weighted by Gasteiger charge is 2.27. The maximum atomic E-state index is 13.6. The molecule has 1 fully saturated rings. The maximum Gasteiger partial charge on any atom is 0.289 e. The van der Waals surface area contributed by atoms with E-state index in [0.717, 1.165) is 6.20 Å². The van der Waals surface area contributed by atoms with E-state index in [0.29, 0.717) is 32.0 Å². The third kappa shape index (κ3) is 3.42. The van der Waals surface area contributed by atoms with Crippen LogP contribution >= 0.6 is 0 Å². The van der Waals surface area contributed by atoms with Gasteiger partial charge in [0.05, 0.1) is 12.5 Å². The van der Waals surface area contributed by atoms with E-state index in [4.69, 9.17) is 4.42 Å². The van der Waals surface area contributed by atoms with Gasteiger partial charge in [-0.3, -0.25) is 9.59 Å². The van der Waals surface area contributed by atoms with Gasteiger partial charge in [-0.1, -0.05) is 0 Å². The molecule has 3 rings (SSSR count). The van der Waals surface area contributed by atoms with E-state index >= 15 is 0 Å². The molecule has 3 heterocycles. The Morgan fingerprint density at radius 1 is 1.29 bits per heavy atom. The van der Waals surface area contributed by atoms with Gasteiger partial charge in [0.15, 0.2) is 17.3 Å². The minimum Gasteiger partial charge on any atom is -0.459 e. The highest BCUT2D eigenvalue weighted by molar-refractivity contribution is 5.93. The van der Waals surface area contributed by atoms with Crippen LogP contribution in [0.1, 0.15) is 33.9 Å². The third-order valence-corrected chi connectivity index (χ3v) is 3.87. The molecule has 2 aromatic heterocycles. The van der Waals surface area contributed by atoms with Crippen LogP contribution in [0, 0.1) is 11.6 Å². The summed E-state index contributed by atoms with van der Waals surface area (Å²) < 4.78 is 31.5. The lowest BCUT2D eigenvalue weighted by Crippen LogP contribution is -2.46. The molecule has 0 unspecified atom stereocenters. The SMILES string of the molecule is O=C(NC1CCN(C(=O)c2ccco2)CC1)c1ncc(F)cc1F. The van der Waals surface area contributed by atoms with E-state index in [1.165, 1.54) is 6.26 Å². The number of likely N-dealkylation sites (tertiary alicyclic amines) is 1. The van der Waals surface area contributed by atoms with Crippen LogP contribution in [0.3, 0.4) is 0 Å². The quantitative estimate of drug-likeness (QED) is 0.931. The topological polar surface area (TPSA) is 75.4 Å². The van der Waals surface area contributed by atoms with E-state index in [-0.39, 0.29) is 17.7 Å². The second kappa shape index (κ2) is 6.77. The Morgan fingerprint density at radius 3 is 2.67 bits per heavy atom. The van der Waals surface area contributed by atoms with Crippen molar-refractivity contribution in [3.05, 3.63) is 53.7 Å². The van der Waals surface area contributed by atoms with Crippen molar-refractivity contribution in [2.24, 2.45) is 0 Å². The molecule has 1 saturated heterocycles. The molecule has 1 N–H and O–H groups in total. The van der Waals surface area contributed by atoms with Gasteiger partial charge in [-0.2, -0.15) is 0 Å². The van der Waals surface area contributed by atoms with E-state index in [1.54, 1.807) is 17.0 Å². The van der Waals surface area contributed by atoms with Gasteiger partial charge in [-0.25, -0.2) is 13.8 Å². The molecule has 2 amide bonds. The number of carbonyl (C=O) groups excluding carboxylic acids is 2. The van der Waals surface area contributed by atoms with E-state index < -0.39 is 23.2 Å². The minimum atomic E-state index is -1.00. The van der Waals surface area contributed by atoms with Gasteiger partial charge in [0.2, 0.25) is 0 Å². The summed E-state index contributed by atoms with van der Waals surface area (Å²) in [6.07, 6.45) is 3.29. The number of rotatable bonds is 3. The summed E-state index contributed by atoms with van der Waals surface area (Å²) in [5.41, 5.74) is -0.439. The number of amides is 2. The first-order valence-corrected chi connectivity index (χ1v) is 7.49. The van der Waals surface area contributed by atoms with Crippen molar-refractivity contribution in [2.45, 2.75) is 18.9 Å². The summed E-state index contributed by atoms with van der Waals surface area (Å²) in [6, 6.07) is 3.65. The highest BCUT2D eigenvalue weighted by atomic mass is 19.1. The zero-order valence-corrected chi connectivity index (χ0v) is 12.7. The monoisotopic (exact) mass is 335 g/mol. The number of hydrogen-bond acceptors (Lipinski definition) is 4. The number of hydrogen-bond donors (Lipinski definition) is 1. The summed E-state index contributed by atoms with van der Waals surface area (Å²) in [7, 11) is 0. The molecule has 1 aliphatic rings. The molecule has 0 aromatic carbocycles. The zero-order valence-electron chi connectivity index (χ0n) is 12.7. The molecular formula is C16H15F2N3O3. The molecule has 24 heavy (non-hydrogen) atoms. The van der Waals surface area contributed by atoms with Crippen LogP contribution in [0.15, 0.2) is 35.1 Å². The molecule has 0 bridgehead atoms. The lowest BCUT2D eigenvalue weighted by atomic mass is 10.0. The van der Waals surface area contributed by atoms with Gasteiger partial charge >= 0.3 is 0 Å². The Bertz CT molecular complexity index is 741. The molecule has 0 saturated carbocycles. The third-order valence-electron chi connectivity index (χ3n) is 3.87. The maximum absolute atomic E-state index is 13.6. The molecule has 8 heteroatoms. The first-order chi connectivity index (χ1) is 11.5. The van der Waals surface area contributed by atoms with Gasteiger partial charge in [0.1, 0.15) is 5.82 Å². The summed E-state index contributed by atoms with van der Waals surface area (Å²) in [5.74, 6) is -2.46. The molecule has 126 valence electrons. The molecular weight excluding hydrogens is 320 g/mol. The lowest BCUT2D eigenvalue weighted by molar-refractivity contribution is 0.0667. The van der Waals surface area contributed by atoms with E-state index in [2.05, 4.69) is 10.3 Å². The van der Waals surface area contributed by atoms with E-state index in [1.807, 2.05) is 0 Å². The van der Waals surface area contributed by atoms with Gasteiger partial charge in [-0.05, 0) is 25.0 Å². The molecule has 1 aliphatic heterocycles. The number of aromatic nitrogens is 1.